The van der Waals surface area contributed by atoms with Crippen molar-refractivity contribution in [1.29, 1.82) is 0 Å². The topological polar surface area (TPSA) is 50.2 Å². The van der Waals surface area contributed by atoms with Gasteiger partial charge in [-0.3, -0.25) is 0 Å². The minimum Gasteiger partial charge on any atom is -0.338 e. The number of imidazole rings is 1. The second-order valence-corrected chi connectivity index (χ2v) is 5.23. The third kappa shape index (κ3) is 4.23. The second kappa shape index (κ2) is 7.13. The van der Waals surface area contributed by atoms with Crippen LogP contribution in [0.25, 0.3) is 0 Å². The van der Waals surface area contributed by atoms with Crippen molar-refractivity contribution in [3.8, 4) is 0 Å². The fraction of sp³-hybridized carbons (Fsp3) is 0.333. The van der Waals surface area contributed by atoms with Gasteiger partial charge < -0.3 is 14.8 Å². The molecule has 0 unspecified atom stereocenters. The highest BCUT2D eigenvalue weighted by Crippen LogP contribution is 2.13. The molecule has 2 amide bonds. The summed E-state index contributed by atoms with van der Waals surface area (Å²) in [6.07, 6.45) is 3.65. The first-order chi connectivity index (χ1) is 10.1. The Kier molecular flexibility index (Phi) is 5.22. The van der Waals surface area contributed by atoms with Crippen LogP contribution in [-0.2, 0) is 13.1 Å². The number of halogens is 1. The predicted octanol–water partition coefficient (Wildman–Crippen LogP) is 2.75. The highest BCUT2D eigenvalue weighted by atomic mass is 35.5. The number of nitrogens with one attached hydrogen (secondary N) is 1. The highest BCUT2D eigenvalue weighted by Gasteiger charge is 2.11. The van der Waals surface area contributed by atoms with Crippen LogP contribution in [0.3, 0.4) is 0 Å². The summed E-state index contributed by atoms with van der Waals surface area (Å²) in [5.74, 6) is 0.837. The lowest BCUT2D eigenvalue weighted by Crippen LogP contribution is -2.37. The Bertz CT molecular complexity index is 611. The van der Waals surface area contributed by atoms with Crippen molar-refractivity contribution in [2.45, 2.75) is 20.0 Å². The molecule has 1 N–H and O–H groups in total. The minimum absolute atomic E-state index is 0.102. The molecule has 0 aliphatic heterocycles. The first kappa shape index (κ1) is 15.4. The van der Waals surface area contributed by atoms with Gasteiger partial charge in [-0.25, -0.2) is 9.78 Å². The molecule has 2 rings (SSSR count). The Labute approximate surface area is 129 Å². The van der Waals surface area contributed by atoms with E-state index in [1.165, 1.54) is 0 Å². The van der Waals surface area contributed by atoms with E-state index in [2.05, 4.69) is 10.3 Å². The van der Waals surface area contributed by atoms with Gasteiger partial charge in [0.25, 0.3) is 0 Å². The van der Waals surface area contributed by atoms with E-state index in [-0.39, 0.29) is 6.03 Å². The van der Waals surface area contributed by atoms with Gasteiger partial charge in [-0.15, -0.1) is 0 Å². The molecular weight excluding hydrogens is 288 g/mol. The zero-order valence-corrected chi connectivity index (χ0v) is 13.0. The maximum Gasteiger partial charge on any atom is 0.317 e. The van der Waals surface area contributed by atoms with Gasteiger partial charge in [-0.05, 0) is 24.6 Å². The van der Waals surface area contributed by atoms with E-state index < -0.39 is 0 Å². The molecule has 0 radical (unpaired) electrons. The third-order valence-electron chi connectivity index (χ3n) is 3.10. The van der Waals surface area contributed by atoms with E-state index in [4.69, 9.17) is 11.6 Å². The zero-order chi connectivity index (χ0) is 15.2. The standard InChI is InChI=1S/C15H19ClN4O/c1-3-17-15(21)19(2)11-14-18-7-8-20(14)10-12-5-4-6-13(16)9-12/h4-9H,3,10-11H2,1-2H3,(H,17,21). The van der Waals surface area contributed by atoms with Gasteiger partial charge >= 0.3 is 6.03 Å². The number of hydrogen-bond donors (Lipinski definition) is 1. The lowest BCUT2D eigenvalue weighted by Gasteiger charge is -2.18. The van der Waals surface area contributed by atoms with Crippen LogP contribution in [-0.4, -0.2) is 34.1 Å². The van der Waals surface area contributed by atoms with Crippen LogP contribution < -0.4 is 5.32 Å². The number of aromatic nitrogens is 2. The lowest BCUT2D eigenvalue weighted by atomic mass is 10.2. The Morgan fingerprint density at radius 3 is 3.00 bits per heavy atom. The van der Waals surface area contributed by atoms with Crippen molar-refractivity contribution >= 4 is 17.6 Å². The first-order valence-electron chi connectivity index (χ1n) is 6.83. The molecule has 0 aliphatic carbocycles. The molecule has 0 saturated heterocycles. The van der Waals surface area contributed by atoms with Gasteiger partial charge in [0.05, 0.1) is 6.54 Å². The molecule has 1 heterocycles. The maximum atomic E-state index is 11.7. The number of carbonyl (C=O) groups is 1. The molecule has 0 saturated carbocycles. The van der Waals surface area contributed by atoms with Crippen molar-refractivity contribution < 1.29 is 4.79 Å². The van der Waals surface area contributed by atoms with Crippen LogP contribution in [0.4, 0.5) is 4.79 Å². The molecule has 0 aliphatic rings. The fourth-order valence-corrected chi connectivity index (χ4v) is 2.25. The molecule has 1 aromatic heterocycles. The molecule has 0 spiro atoms. The summed E-state index contributed by atoms with van der Waals surface area (Å²) in [4.78, 5) is 17.7. The SMILES string of the molecule is CCNC(=O)N(C)Cc1nccn1Cc1cccc(Cl)c1. The van der Waals surface area contributed by atoms with Gasteiger partial charge in [-0.2, -0.15) is 0 Å². The number of amides is 2. The molecule has 1 aromatic carbocycles. The summed E-state index contributed by atoms with van der Waals surface area (Å²) >= 11 is 6.00. The van der Waals surface area contributed by atoms with Crippen LogP contribution in [0.5, 0.6) is 0 Å². The molecule has 21 heavy (non-hydrogen) atoms. The summed E-state index contributed by atoms with van der Waals surface area (Å²) in [5, 5.41) is 3.48. The zero-order valence-electron chi connectivity index (χ0n) is 12.2. The molecule has 0 atom stereocenters. The van der Waals surface area contributed by atoms with E-state index in [0.717, 1.165) is 11.4 Å². The predicted molar refractivity (Wildman–Crippen MR) is 83.3 cm³/mol. The molecule has 5 nitrogen and oxygen atoms in total. The summed E-state index contributed by atoms with van der Waals surface area (Å²) < 4.78 is 2.02. The minimum atomic E-state index is -0.102. The Morgan fingerprint density at radius 2 is 2.29 bits per heavy atom. The van der Waals surface area contributed by atoms with Crippen LogP contribution in [0.2, 0.25) is 5.02 Å². The van der Waals surface area contributed by atoms with Crippen molar-refractivity contribution in [2.24, 2.45) is 0 Å². The van der Waals surface area contributed by atoms with E-state index in [9.17, 15) is 4.79 Å². The summed E-state index contributed by atoms with van der Waals surface area (Å²) in [6, 6.07) is 7.62. The van der Waals surface area contributed by atoms with Crippen LogP contribution in [0, 0.1) is 0 Å². The molecule has 0 bridgehead atoms. The highest BCUT2D eigenvalue weighted by molar-refractivity contribution is 6.30. The van der Waals surface area contributed by atoms with Crippen molar-refractivity contribution in [1.82, 2.24) is 19.8 Å². The van der Waals surface area contributed by atoms with E-state index >= 15 is 0 Å². The monoisotopic (exact) mass is 306 g/mol. The lowest BCUT2D eigenvalue weighted by molar-refractivity contribution is 0.206. The number of urea groups is 1. The maximum absolute atomic E-state index is 11.7. The van der Waals surface area contributed by atoms with E-state index in [0.29, 0.717) is 24.7 Å². The fourth-order valence-electron chi connectivity index (χ4n) is 2.04. The normalized spacial score (nSPS) is 10.4. The van der Waals surface area contributed by atoms with Gasteiger partial charge in [-0.1, -0.05) is 23.7 Å². The Morgan fingerprint density at radius 1 is 1.48 bits per heavy atom. The van der Waals surface area contributed by atoms with Crippen molar-refractivity contribution in [3.63, 3.8) is 0 Å². The largest absolute Gasteiger partial charge is 0.338 e. The molecule has 112 valence electrons. The number of rotatable bonds is 5. The smallest absolute Gasteiger partial charge is 0.317 e. The van der Waals surface area contributed by atoms with Crippen LogP contribution >= 0.6 is 11.6 Å². The van der Waals surface area contributed by atoms with Crippen molar-refractivity contribution in [3.05, 3.63) is 53.1 Å². The number of nitrogens with zero attached hydrogens (tertiary/aromatic N) is 3. The van der Waals surface area contributed by atoms with Gasteiger partial charge in [0.2, 0.25) is 0 Å². The van der Waals surface area contributed by atoms with E-state index in [1.54, 1.807) is 18.1 Å². The number of carbonyl (C=O) groups excluding carboxylic acids is 1. The second-order valence-electron chi connectivity index (χ2n) is 4.79. The van der Waals surface area contributed by atoms with Crippen LogP contribution in [0.15, 0.2) is 36.7 Å². The summed E-state index contributed by atoms with van der Waals surface area (Å²) in [5.41, 5.74) is 1.10. The average molecular weight is 307 g/mol. The van der Waals surface area contributed by atoms with Gasteiger partial charge in [0, 0.05) is 37.6 Å². The van der Waals surface area contributed by atoms with E-state index in [1.807, 2.05) is 42.0 Å². The van der Waals surface area contributed by atoms with Crippen molar-refractivity contribution in [2.75, 3.05) is 13.6 Å². The molecule has 2 aromatic rings. The molecule has 0 fully saturated rings. The van der Waals surface area contributed by atoms with Gasteiger partial charge in [0.15, 0.2) is 0 Å². The Balaban J connectivity index is 2.06. The number of hydrogen-bond acceptors (Lipinski definition) is 2. The molecule has 6 heteroatoms. The van der Waals surface area contributed by atoms with Gasteiger partial charge in [0.1, 0.15) is 5.82 Å². The Hall–Kier alpha value is -2.01. The molecular formula is C15H19ClN4O. The number of benzene rings is 1. The average Bonchev–Trinajstić information content (AvgIpc) is 2.86. The first-order valence-corrected chi connectivity index (χ1v) is 7.21. The van der Waals surface area contributed by atoms with Crippen LogP contribution in [0.1, 0.15) is 18.3 Å². The summed E-state index contributed by atoms with van der Waals surface area (Å²) in [7, 11) is 1.75. The quantitative estimate of drug-likeness (QED) is 0.923. The third-order valence-corrected chi connectivity index (χ3v) is 3.33. The summed E-state index contributed by atoms with van der Waals surface area (Å²) in [6.45, 7) is 3.64.